The smallest absolute Gasteiger partial charge is 0.855 e. The number of carbonyl (C=O) groups is 2. The van der Waals surface area contributed by atoms with Gasteiger partial charge < -0.3 is 5.11 Å². The maximum atomic E-state index is 10.1. The van der Waals surface area contributed by atoms with Crippen LogP contribution in [0.5, 0.6) is 0 Å². The van der Waals surface area contributed by atoms with E-state index in [2.05, 4.69) is 383 Å². The van der Waals surface area contributed by atoms with Gasteiger partial charge in [0.25, 0.3) is 0 Å². The van der Waals surface area contributed by atoms with Crippen molar-refractivity contribution in [2.24, 2.45) is 0 Å². The van der Waals surface area contributed by atoms with Crippen molar-refractivity contribution >= 4 is 135 Å². The summed E-state index contributed by atoms with van der Waals surface area (Å²) >= 11 is 9.30. The molecule has 12 aromatic carbocycles. The van der Waals surface area contributed by atoms with E-state index in [0.717, 1.165) is 24.9 Å². The molecule has 0 atom stereocenters. The van der Waals surface area contributed by atoms with Crippen molar-refractivity contribution in [3.05, 3.63) is 394 Å². The second-order valence-corrected chi connectivity index (χ2v) is 40.6. The van der Waals surface area contributed by atoms with Crippen LogP contribution in [0.2, 0.25) is 0 Å². The summed E-state index contributed by atoms with van der Waals surface area (Å²) in [7, 11) is 0. The molecule has 0 spiro atoms. The first-order valence-corrected chi connectivity index (χ1v) is 40.0. The number of aldehydes is 2. The minimum atomic E-state index is -3.12. The van der Waals surface area contributed by atoms with Gasteiger partial charge in [-0.3, -0.25) is 9.59 Å². The van der Waals surface area contributed by atoms with E-state index in [9.17, 15) is 9.59 Å². The summed E-state index contributed by atoms with van der Waals surface area (Å²) in [5.41, 5.74) is 13.3. The van der Waals surface area contributed by atoms with Crippen LogP contribution < -0.4 is 55.8 Å². The van der Waals surface area contributed by atoms with Crippen LogP contribution in [0, 0.1) is 0 Å². The molecular weight excluding hydrogens is 1310 g/mol. The summed E-state index contributed by atoms with van der Waals surface area (Å²) in [5.74, 6) is 0. The molecule has 0 saturated heterocycles. The van der Waals surface area contributed by atoms with E-state index in [4.69, 9.17) is 5.11 Å². The van der Waals surface area contributed by atoms with E-state index >= 15 is 0 Å². The van der Waals surface area contributed by atoms with Crippen molar-refractivity contribution in [2.45, 2.75) is 19.2 Å². The Hall–Kier alpha value is -8.68. The van der Waals surface area contributed by atoms with Gasteiger partial charge in [-0.15, -0.1) is 6.61 Å². The first-order valence-electron chi connectivity index (χ1n) is 31.1. The van der Waals surface area contributed by atoms with Crippen LogP contribution in [-0.4, -0.2) is 19.2 Å². The fourth-order valence-electron chi connectivity index (χ4n) is 11.6. The average molecular weight is 1380 g/mol. The van der Waals surface area contributed by atoms with Crippen LogP contribution in [0.3, 0.4) is 0 Å². The predicted molar refractivity (Wildman–Crippen MR) is 411 cm³/mol. The Kier molecular flexibility index (Phi) is 24.8. The Bertz CT molecular complexity index is 3740. The molecule has 0 amide bonds. The van der Waals surface area contributed by atoms with Crippen LogP contribution >= 0.6 is 41.6 Å². The van der Waals surface area contributed by atoms with Gasteiger partial charge in [-0.05, 0) is 44.5 Å². The molecule has 0 N–H and O–H groups in total. The van der Waals surface area contributed by atoms with Gasteiger partial charge in [0, 0.05) is 11.1 Å². The molecule has 8 heteroatoms. The standard InChI is InChI=1S/C44H38Br2P2.C32H24.C8H6O2.C2H5O.Li/c45-47(39-19-7-1-8-20-39,40-21-9-2-10-22-40,41-23-11-3-12-24-41)35-37-31-33-38(34-32-37)36-48(46,42-25-13-4-14-26-42,43-27-15-5-16-28-43)44-29-17-6-18-30-44;1-2-26-4-3-25(1)17-18-27-5-7-29(8-6-27)21-22-31-13-15-32(16-14-31)24-23-30-11-9-28(10-12-30)20-19-26;9-5-7-1-2-8(6-10)4-3-7;1-2-3;/h1-34H,35-36H2;1-24H;1-6H;2H2,1H3;/q;;;-1;+1/b;18-17-,20-19-,22-21-,24-23?,25-17?,26-19?,27-18?,28-20?,29-21?,30-23?,31-22?,32-24?;;;. The minimum absolute atomic E-state index is 0. The molecule has 12 aromatic rings. The van der Waals surface area contributed by atoms with E-state index < -0.39 is 10.6 Å². The molecule has 0 heterocycles. The molecule has 3 nitrogen and oxygen atoms in total. The van der Waals surface area contributed by atoms with Gasteiger partial charge in [-0.2, -0.15) is 0 Å². The minimum Gasteiger partial charge on any atom is -0.855 e. The Morgan fingerprint density at radius 2 is 0.415 bits per heavy atom. The molecule has 460 valence electrons. The third-order valence-corrected chi connectivity index (χ3v) is 35.6. The van der Waals surface area contributed by atoms with Crippen LogP contribution in [0.15, 0.2) is 328 Å². The summed E-state index contributed by atoms with van der Waals surface area (Å²) in [5, 5.41) is 10.7. The van der Waals surface area contributed by atoms with Gasteiger partial charge in [-0.25, -0.2) is 0 Å². The average Bonchev–Trinajstić information content (AvgIpc) is 0.713. The Balaban J connectivity index is 0.000000193. The maximum absolute atomic E-state index is 10.1. The molecule has 19 rings (SSSR count). The van der Waals surface area contributed by atoms with Gasteiger partial charge in [0.2, 0.25) is 0 Å². The van der Waals surface area contributed by atoms with Crippen molar-refractivity contribution in [3.63, 3.8) is 0 Å². The van der Waals surface area contributed by atoms with Gasteiger partial charge in [-0.1, -0.05) is 177 Å². The second-order valence-electron chi connectivity index (χ2n) is 22.7. The zero-order valence-corrected chi connectivity index (χ0v) is 57.9. The van der Waals surface area contributed by atoms with Crippen LogP contribution in [0.1, 0.15) is 83.3 Å². The fraction of sp³-hybridized carbons (Fsp3) is 0.0465. The summed E-state index contributed by atoms with van der Waals surface area (Å²) in [4.78, 5) is 20.2. The van der Waals surface area contributed by atoms with Gasteiger partial charge in [0.1, 0.15) is 12.6 Å². The molecule has 0 radical (unpaired) electrons. The third-order valence-electron chi connectivity index (χ3n) is 16.6. The molecule has 8 bridgehead atoms. The number of carbonyl (C=O) groups excluding carboxylic acids is 2. The molecule has 7 aliphatic carbocycles. The number of benzene rings is 12. The van der Waals surface area contributed by atoms with Crippen molar-refractivity contribution in [1.82, 2.24) is 0 Å². The van der Waals surface area contributed by atoms with Gasteiger partial charge in [0.05, 0.1) is 0 Å². The summed E-state index contributed by atoms with van der Waals surface area (Å²) in [6, 6.07) is 117. The van der Waals surface area contributed by atoms with E-state index in [-0.39, 0.29) is 25.5 Å². The van der Waals surface area contributed by atoms with E-state index in [1.807, 2.05) is 0 Å². The first kappa shape index (κ1) is 69.7. The van der Waals surface area contributed by atoms with Crippen LogP contribution in [0.25, 0.3) is 48.6 Å². The molecule has 0 fully saturated rings. The summed E-state index contributed by atoms with van der Waals surface area (Å²) in [6.45, 7) is 1.57. The monoisotopic (exact) mass is 1380 g/mol. The third kappa shape index (κ3) is 16.8. The Morgan fingerprint density at radius 3 is 0.553 bits per heavy atom. The Labute approximate surface area is 583 Å². The number of halogens is 2. The summed E-state index contributed by atoms with van der Waals surface area (Å²) in [6.07, 6.45) is 20.5. The first-order chi connectivity index (χ1) is 45.5. The van der Waals surface area contributed by atoms with E-state index in [1.165, 1.54) is 87.5 Å². The predicted octanol–water partition coefficient (Wildman–Crippen LogP) is 16.7. The molecule has 94 heavy (non-hydrogen) atoms. The van der Waals surface area contributed by atoms with Crippen molar-refractivity contribution < 1.29 is 33.6 Å². The molecular formula is C86H73Br2LiO3P2. The number of rotatable bonds is 12. The zero-order valence-electron chi connectivity index (χ0n) is 52.9. The fourth-order valence-corrected chi connectivity index (χ4v) is 27.0. The van der Waals surface area contributed by atoms with E-state index in [0.29, 0.717) is 11.1 Å². The van der Waals surface area contributed by atoms with E-state index in [1.54, 1.807) is 31.2 Å². The molecule has 0 saturated carbocycles. The van der Waals surface area contributed by atoms with Crippen molar-refractivity contribution in [2.75, 3.05) is 6.61 Å². The van der Waals surface area contributed by atoms with Crippen molar-refractivity contribution in [1.29, 1.82) is 0 Å². The molecule has 0 unspecified atom stereocenters. The normalized spacial score (nSPS) is 13.3. The molecule has 0 aromatic heterocycles. The summed E-state index contributed by atoms with van der Waals surface area (Å²) < 4.78 is 0. The van der Waals surface area contributed by atoms with Crippen LogP contribution in [-0.2, 0) is 12.3 Å². The Morgan fingerprint density at radius 1 is 0.266 bits per heavy atom. The largest absolute Gasteiger partial charge is 1.00 e. The van der Waals surface area contributed by atoms with Crippen molar-refractivity contribution in [3.8, 4) is 0 Å². The number of hydrogen-bond donors (Lipinski definition) is 0. The maximum Gasteiger partial charge on any atom is 1.00 e. The van der Waals surface area contributed by atoms with Crippen LogP contribution in [0.4, 0.5) is 0 Å². The quantitative estimate of drug-likeness (QED) is 0.0696. The molecule has 0 aliphatic heterocycles. The second kappa shape index (κ2) is 33.4. The topological polar surface area (TPSA) is 57.2 Å². The number of hydrogen-bond acceptors (Lipinski definition) is 3. The van der Waals surface area contributed by atoms with Gasteiger partial charge in [0.15, 0.2) is 0 Å². The van der Waals surface area contributed by atoms with Gasteiger partial charge >= 0.3 is 322 Å². The molecule has 7 aliphatic rings. The SMILES string of the molecule is BrP(Cc1ccc(CP(Br)(c2ccccc2)(c2ccccc2)c2ccccc2)cc1)(c1ccccc1)(c1ccccc1)c1ccccc1.C1=Cc2ccc(cc2)/C=C\c2ccc(cc2)/C=C\c2ccc(cc2)/C=C\c2ccc1cc2.CC[O-].O=Cc1ccc(C=O)cc1.[Li+]. The zero-order chi connectivity index (χ0) is 64.7.